The molecule has 20 heavy (non-hydrogen) atoms. The first kappa shape index (κ1) is 13.0. The standard InChI is InChI=1S/C15H19N3O2/c1-11-15(20-14-6-2-5-13(19)8-14)10-17-18(11)12-4-3-7-16-9-12/h2,5-6,8,10,12,16,19H,3-4,7,9H2,1H3. The summed E-state index contributed by atoms with van der Waals surface area (Å²) in [5.41, 5.74) is 1.02. The molecule has 3 rings (SSSR count). The highest BCUT2D eigenvalue weighted by Crippen LogP contribution is 2.29. The Morgan fingerprint density at radius 1 is 1.45 bits per heavy atom. The first-order chi connectivity index (χ1) is 9.74. The lowest BCUT2D eigenvalue weighted by molar-refractivity contribution is 0.340. The van der Waals surface area contributed by atoms with Crippen molar-refractivity contribution in [3.63, 3.8) is 0 Å². The van der Waals surface area contributed by atoms with Gasteiger partial charge in [-0.15, -0.1) is 0 Å². The van der Waals surface area contributed by atoms with Crippen LogP contribution in [0.4, 0.5) is 0 Å². The minimum absolute atomic E-state index is 0.198. The average Bonchev–Trinajstić information content (AvgIpc) is 2.81. The molecule has 1 aliphatic heterocycles. The number of ether oxygens (including phenoxy) is 1. The van der Waals surface area contributed by atoms with Gasteiger partial charge in [0.25, 0.3) is 0 Å². The summed E-state index contributed by atoms with van der Waals surface area (Å²) in [6, 6.07) is 7.19. The second-order valence-electron chi connectivity index (χ2n) is 5.14. The highest BCUT2D eigenvalue weighted by molar-refractivity contribution is 5.36. The maximum Gasteiger partial charge on any atom is 0.168 e. The Bertz CT molecular complexity index is 589. The Labute approximate surface area is 118 Å². The molecule has 1 unspecified atom stereocenters. The van der Waals surface area contributed by atoms with E-state index in [1.807, 2.05) is 17.7 Å². The van der Waals surface area contributed by atoms with Crippen LogP contribution in [0.2, 0.25) is 0 Å². The van der Waals surface area contributed by atoms with Gasteiger partial charge in [0, 0.05) is 12.6 Å². The molecule has 1 atom stereocenters. The van der Waals surface area contributed by atoms with E-state index in [4.69, 9.17) is 4.74 Å². The lowest BCUT2D eigenvalue weighted by Crippen LogP contribution is -2.32. The highest BCUT2D eigenvalue weighted by atomic mass is 16.5. The van der Waals surface area contributed by atoms with Gasteiger partial charge in [-0.05, 0) is 38.4 Å². The van der Waals surface area contributed by atoms with Crippen molar-refractivity contribution in [3.05, 3.63) is 36.2 Å². The van der Waals surface area contributed by atoms with E-state index in [-0.39, 0.29) is 5.75 Å². The number of hydrogen-bond donors (Lipinski definition) is 2. The molecule has 0 spiro atoms. The van der Waals surface area contributed by atoms with Gasteiger partial charge >= 0.3 is 0 Å². The second-order valence-corrected chi connectivity index (χ2v) is 5.14. The molecule has 0 amide bonds. The number of piperidine rings is 1. The van der Waals surface area contributed by atoms with Gasteiger partial charge < -0.3 is 15.2 Å². The van der Waals surface area contributed by atoms with Gasteiger partial charge in [0.2, 0.25) is 0 Å². The van der Waals surface area contributed by atoms with Gasteiger partial charge in [0.05, 0.1) is 17.9 Å². The van der Waals surface area contributed by atoms with Gasteiger partial charge in [-0.1, -0.05) is 6.07 Å². The van der Waals surface area contributed by atoms with Crippen LogP contribution in [0.3, 0.4) is 0 Å². The maximum atomic E-state index is 9.46. The van der Waals surface area contributed by atoms with E-state index in [2.05, 4.69) is 10.4 Å². The molecule has 106 valence electrons. The average molecular weight is 273 g/mol. The Kier molecular flexibility index (Phi) is 3.60. The van der Waals surface area contributed by atoms with Crippen LogP contribution in [0.1, 0.15) is 24.6 Å². The lowest BCUT2D eigenvalue weighted by Gasteiger charge is -2.24. The Morgan fingerprint density at radius 2 is 2.35 bits per heavy atom. The maximum absolute atomic E-state index is 9.46. The highest BCUT2D eigenvalue weighted by Gasteiger charge is 2.19. The minimum Gasteiger partial charge on any atom is -0.508 e. The van der Waals surface area contributed by atoms with E-state index in [0.29, 0.717) is 11.8 Å². The lowest BCUT2D eigenvalue weighted by atomic mass is 10.1. The minimum atomic E-state index is 0.198. The van der Waals surface area contributed by atoms with E-state index >= 15 is 0 Å². The fourth-order valence-electron chi connectivity index (χ4n) is 2.59. The van der Waals surface area contributed by atoms with E-state index < -0.39 is 0 Å². The Morgan fingerprint density at radius 3 is 3.10 bits per heavy atom. The SMILES string of the molecule is Cc1c(Oc2cccc(O)c2)cnn1C1CCCNC1. The van der Waals surface area contributed by atoms with Gasteiger partial charge in [-0.3, -0.25) is 4.68 Å². The molecule has 1 saturated heterocycles. The number of phenols is 1. The third-order valence-corrected chi connectivity index (χ3v) is 3.66. The van der Waals surface area contributed by atoms with Gasteiger partial charge in [0.1, 0.15) is 11.5 Å². The van der Waals surface area contributed by atoms with Crippen LogP contribution >= 0.6 is 0 Å². The van der Waals surface area contributed by atoms with Crippen molar-refractivity contribution in [3.8, 4) is 17.2 Å². The second kappa shape index (κ2) is 5.54. The van der Waals surface area contributed by atoms with E-state index in [9.17, 15) is 5.11 Å². The monoisotopic (exact) mass is 273 g/mol. The molecule has 0 aliphatic carbocycles. The van der Waals surface area contributed by atoms with Crippen molar-refractivity contribution >= 4 is 0 Å². The number of nitrogens with one attached hydrogen (secondary N) is 1. The summed E-state index contributed by atoms with van der Waals surface area (Å²) in [7, 11) is 0. The summed E-state index contributed by atoms with van der Waals surface area (Å²) >= 11 is 0. The zero-order valence-corrected chi connectivity index (χ0v) is 11.5. The summed E-state index contributed by atoms with van der Waals surface area (Å²) in [4.78, 5) is 0. The first-order valence-electron chi connectivity index (χ1n) is 6.96. The third-order valence-electron chi connectivity index (χ3n) is 3.66. The van der Waals surface area contributed by atoms with Crippen LogP contribution in [0.15, 0.2) is 30.5 Å². The molecule has 0 saturated carbocycles. The number of aromatic hydroxyl groups is 1. The molecule has 1 aromatic carbocycles. The molecular formula is C15H19N3O2. The zero-order valence-electron chi connectivity index (χ0n) is 11.5. The number of benzene rings is 1. The van der Waals surface area contributed by atoms with E-state index in [1.165, 1.54) is 6.42 Å². The molecule has 2 heterocycles. The summed E-state index contributed by atoms with van der Waals surface area (Å²) in [6.07, 6.45) is 4.06. The number of hydrogen-bond acceptors (Lipinski definition) is 4. The van der Waals surface area contributed by atoms with Crippen LogP contribution < -0.4 is 10.1 Å². The summed E-state index contributed by atoms with van der Waals surface area (Å²) in [6.45, 7) is 4.05. The van der Waals surface area contributed by atoms with Gasteiger partial charge in [-0.25, -0.2) is 0 Å². The number of rotatable bonds is 3. The molecule has 2 N–H and O–H groups in total. The van der Waals surface area contributed by atoms with Crippen LogP contribution in [0.5, 0.6) is 17.2 Å². The summed E-state index contributed by atoms with van der Waals surface area (Å²) < 4.78 is 7.83. The van der Waals surface area contributed by atoms with Crippen molar-refractivity contribution in [2.45, 2.75) is 25.8 Å². The molecular weight excluding hydrogens is 254 g/mol. The van der Waals surface area contributed by atoms with Crippen molar-refractivity contribution in [1.29, 1.82) is 0 Å². The fourth-order valence-corrected chi connectivity index (χ4v) is 2.59. The molecule has 1 aliphatic rings. The number of aromatic nitrogens is 2. The number of phenolic OH excluding ortho intramolecular Hbond substituents is 1. The summed E-state index contributed by atoms with van der Waals surface area (Å²) in [5, 5.41) is 17.3. The number of nitrogens with zero attached hydrogens (tertiary/aromatic N) is 2. The smallest absolute Gasteiger partial charge is 0.168 e. The van der Waals surface area contributed by atoms with Crippen LogP contribution in [0.25, 0.3) is 0 Å². The van der Waals surface area contributed by atoms with Crippen LogP contribution in [0, 0.1) is 6.92 Å². The van der Waals surface area contributed by atoms with Crippen molar-refractivity contribution in [2.24, 2.45) is 0 Å². The predicted molar refractivity (Wildman–Crippen MR) is 76.3 cm³/mol. The molecule has 5 nitrogen and oxygen atoms in total. The molecule has 5 heteroatoms. The van der Waals surface area contributed by atoms with E-state index in [1.54, 1.807) is 24.4 Å². The van der Waals surface area contributed by atoms with Crippen molar-refractivity contribution in [1.82, 2.24) is 15.1 Å². The predicted octanol–water partition coefficient (Wildman–Crippen LogP) is 2.61. The molecule has 1 fully saturated rings. The zero-order chi connectivity index (χ0) is 13.9. The topological polar surface area (TPSA) is 59.3 Å². The largest absolute Gasteiger partial charge is 0.508 e. The Balaban J connectivity index is 1.79. The normalized spacial score (nSPS) is 18.9. The van der Waals surface area contributed by atoms with Crippen molar-refractivity contribution in [2.75, 3.05) is 13.1 Å². The van der Waals surface area contributed by atoms with Gasteiger partial charge in [-0.2, -0.15) is 5.10 Å². The quantitative estimate of drug-likeness (QED) is 0.902. The fraction of sp³-hybridized carbons (Fsp3) is 0.400. The summed E-state index contributed by atoms with van der Waals surface area (Å²) in [5.74, 6) is 1.56. The van der Waals surface area contributed by atoms with Crippen molar-refractivity contribution < 1.29 is 9.84 Å². The third kappa shape index (κ3) is 2.63. The molecule has 2 aromatic rings. The Hall–Kier alpha value is -2.01. The van der Waals surface area contributed by atoms with Crippen LogP contribution in [-0.2, 0) is 0 Å². The first-order valence-corrected chi connectivity index (χ1v) is 6.96. The molecule has 0 bridgehead atoms. The van der Waals surface area contributed by atoms with E-state index in [0.717, 1.165) is 31.0 Å². The van der Waals surface area contributed by atoms with Gasteiger partial charge in [0.15, 0.2) is 5.75 Å². The molecule has 0 radical (unpaired) electrons. The molecule has 1 aromatic heterocycles. The van der Waals surface area contributed by atoms with Crippen LogP contribution in [-0.4, -0.2) is 28.0 Å².